The van der Waals surface area contributed by atoms with Crippen LogP contribution < -0.4 is 4.72 Å². The summed E-state index contributed by atoms with van der Waals surface area (Å²) in [6.45, 7) is 0.303. The van der Waals surface area contributed by atoms with Crippen LogP contribution >= 0.6 is 15.9 Å². The number of aromatic nitrogens is 2. The van der Waals surface area contributed by atoms with E-state index in [4.69, 9.17) is 0 Å². The van der Waals surface area contributed by atoms with E-state index in [1.807, 2.05) is 0 Å². The summed E-state index contributed by atoms with van der Waals surface area (Å²) >= 11 is 3.23. The van der Waals surface area contributed by atoms with E-state index in [-0.39, 0.29) is 4.90 Å². The number of hydrogen-bond donors (Lipinski definition) is 1. The van der Waals surface area contributed by atoms with E-state index >= 15 is 0 Å². The first-order valence-corrected chi connectivity index (χ1v) is 7.85. The molecular formula is C12H12BrN3O2S. The molecule has 0 aliphatic heterocycles. The molecule has 0 bridgehead atoms. The summed E-state index contributed by atoms with van der Waals surface area (Å²) in [6, 6.07) is 6.70. The predicted octanol–water partition coefficient (Wildman–Crippen LogP) is 1.76. The Labute approximate surface area is 120 Å². The van der Waals surface area contributed by atoms with Crippen molar-refractivity contribution < 1.29 is 8.42 Å². The maximum atomic E-state index is 12.1. The van der Waals surface area contributed by atoms with Crippen LogP contribution in [0.5, 0.6) is 0 Å². The van der Waals surface area contributed by atoms with E-state index in [0.29, 0.717) is 17.4 Å². The molecule has 1 aromatic heterocycles. The van der Waals surface area contributed by atoms with E-state index in [1.54, 1.807) is 36.7 Å². The molecule has 0 saturated carbocycles. The van der Waals surface area contributed by atoms with Crippen molar-refractivity contribution in [3.8, 4) is 0 Å². The second-order valence-electron chi connectivity index (χ2n) is 3.82. The molecule has 0 aliphatic carbocycles. The summed E-state index contributed by atoms with van der Waals surface area (Å²) in [7, 11) is -3.50. The van der Waals surface area contributed by atoms with Crippen LogP contribution in [-0.4, -0.2) is 24.9 Å². The minimum absolute atomic E-state index is 0.235. The van der Waals surface area contributed by atoms with Crippen molar-refractivity contribution in [2.45, 2.75) is 11.3 Å². The zero-order valence-electron chi connectivity index (χ0n) is 9.95. The Morgan fingerprint density at radius 1 is 1.16 bits per heavy atom. The standard InChI is InChI=1S/C12H12BrN3O2S/c13-11-3-1-2-4-12(11)19(17,18)16-6-5-10-7-14-9-15-8-10/h1-4,7-9,16H,5-6H2. The predicted molar refractivity (Wildman–Crippen MR) is 75.1 cm³/mol. The minimum atomic E-state index is -3.50. The highest BCUT2D eigenvalue weighted by molar-refractivity contribution is 9.10. The first-order valence-electron chi connectivity index (χ1n) is 5.58. The lowest BCUT2D eigenvalue weighted by atomic mass is 10.2. The number of benzene rings is 1. The molecule has 0 fully saturated rings. The van der Waals surface area contributed by atoms with E-state index < -0.39 is 10.0 Å². The van der Waals surface area contributed by atoms with Gasteiger partial charge in [-0.1, -0.05) is 12.1 Å². The molecular weight excluding hydrogens is 330 g/mol. The molecule has 2 rings (SSSR count). The highest BCUT2D eigenvalue weighted by atomic mass is 79.9. The number of nitrogens with zero attached hydrogens (tertiary/aromatic N) is 2. The summed E-state index contributed by atoms with van der Waals surface area (Å²) in [5.41, 5.74) is 0.886. The summed E-state index contributed by atoms with van der Waals surface area (Å²) < 4.78 is 27.2. The third-order valence-electron chi connectivity index (χ3n) is 2.45. The van der Waals surface area contributed by atoms with Crippen molar-refractivity contribution in [3.05, 3.63) is 53.0 Å². The molecule has 0 spiro atoms. The molecule has 0 radical (unpaired) electrons. The summed E-state index contributed by atoms with van der Waals surface area (Å²) in [5, 5.41) is 0. The molecule has 0 atom stereocenters. The van der Waals surface area contributed by atoms with Crippen LogP contribution in [0.4, 0.5) is 0 Å². The first kappa shape index (κ1) is 14.1. The fourth-order valence-corrected chi connectivity index (χ4v) is 3.56. The molecule has 0 aliphatic rings. The van der Waals surface area contributed by atoms with Gasteiger partial charge in [-0.05, 0) is 40.0 Å². The van der Waals surface area contributed by atoms with Gasteiger partial charge in [-0.3, -0.25) is 0 Å². The summed E-state index contributed by atoms with van der Waals surface area (Å²) in [4.78, 5) is 7.99. The van der Waals surface area contributed by atoms with Gasteiger partial charge in [0, 0.05) is 23.4 Å². The lowest BCUT2D eigenvalue weighted by Gasteiger charge is -2.08. The summed E-state index contributed by atoms with van der Waals surface area (Å²) in [6.07, 6.45) is 5.32. The van der Waals surface area contributed by atoms with Gasteiger partial charge in [-0.2, -0.15) is 0 Å². The minimum Gasteiger partial charge on any atom is -0.245 e. The maximum Gasteiger partial charge on any atom is 0.241 e. The third kappa shape index (κ3) is 3.82. The molecule has 1 aromatic carbocycles. The number of rotatable bonds is 5. The molecule has 19 heavy (non-hydrogen) atoms. The molecule has 5 nitrogen and oxygen atoms in total. The molecule has 100 valence electrons. The van der Waals surface area contributed by atoms with Crippen molar-refractivity contribution in [3.63, 3.8) is 0 Å². The zero-order chi connectivity index (χ0) is 13.7. The van der Waals surface area contributed by atoms with Gasteiger partial charge in [-0.15, -0.1) is 0 Å². The Balaban J connectivity index is 2.01. The normalized spacial score (nSPS) is 11.4. The lowest BCUT2D eigenvalue weighted by molar-refractivity contribution is 0.581. The molecule has 1 heterocycles. The van der Waals surface area contributed by atoms with Crippen molar-refractivity contribution in [2.24, 2.45) is 0 Å². The van der Waals surface area contributed by atoms with Crippen LogP contribution in [0.2, 0.25) is 0 Å². The number of halogens is 1. The molecule has 0 unspecified atom stereocenters. The Kier molecular flexibility index (Phi) is 4.62. The van der Waals surface area contributed by atoms with Gasteiger partial charge in [0.2, 0.25) is 10.0 Å². The third-order valence-corrected chi connectivity index (χ3v) is 4.92. The molecule has 1 N–H and O–H groups in total. The second kappa shape index (κ2) is 6.23. The van der Waals surface area contributed by atoms with Crippen molar-refractivity contribution >= 4 is 26.0 Å². The average Bonchev–Trinajstić information content (AvgIpc) is 2.40. The first-order chi connectivity index (χ1) is 9.09. The van der Waals surface area contributed by atoms with Crippen LogP contribution in [0.1, 0.15) is 5.56 Å². The quantitative estimate of drug-likeness (QED) is 0.899. The van der Waals surface area contributed by atoms with Crippen LogP contribution in [0.15, 0.2) is 52.4 Å². The average molecular weight is 342 g/mol. The lowest BCUT2D eigenvalue weighted by Crippen LogP contribution is -2.26. The highest BCUT2D eigenvalue weighted by Gasteiger charge is 2.16. The van der Waals surface area contributed by atoms with Crippen molar-refractivity contribution in [2.75, 3.05) is 6.54 Å². The second-order valence-corrected chi connectivity index (χ2v) is 6.41. The van der Waals surface area contributed by atoms with Crippen LogP contribution in [0.3, 0.4) is 0 Å². The Morgan fingerprint density at radius 3 is 2.53 bits per heavy atom. The molecule has 2 aromatic rings. The van der Waals surface area contributed by atoms with Crippen LogP contribution in [-0.2, 0) is 16.4 Å². The smallest absolute Gasteiger partial charge is 0.241 e. The largest absolute Gasteiger partial charge is 0.245 e. The van der Waals surface area contributed by atoms with Gasteiger partial charge >= 0.3 is 0 Å². The van der Waals surface area contributed by atoms with Gasteiger partial charge in [0.15, 0.2) is 0 Å². The number of nitrogens with one attached hydrogen (secondary N) is 1. The van der Waals surface area contributed by atoms with Gasteiger partial charge in [0.05, 0.1) is 4.90 Å². The Bertz CT molecular complexity index is 647. The number of sulfonamides is 1. The van der Waals surface area contributed by atoms with Crippen molar-refractivity contribution in [1.82, 2.24) is 14.7 Å². The molecule has 0 saturated heterocycles. The zero-order valence-corrected chi connectivity index (χ0v) is 12.4. The van der Waals surface area contributed by atoms with E-state index in [2.05, 4.69) is 30.6 Å². The van der Waals surface area contributed by atoms with Gasteiger partial charge in [-0.25, -0.2) is 23.1 Å². The van der Waals surface area contributed by atoms with E-state index in [1.165, 1.54) is 6.33 Å². The fourth-order valence-electron chi connectivity index (χ4n) is 1.53. The maximum absolute atomic E-state index is 12.1. The van der Waals surface area contributed by atoms with E-state index in [9.17, 15) is 8.42 Å². The number of hydrogen-bond acceptors (Lipinski definition) is 4. The van der Waals surface area contributed by atoms with Crippen molar-refractivity contribution in [1.29, 1.82) is 0 Å². The van der Waals surface area contributed by atoms with Gasteiger partial charge < -0.3 is 0 Å². The van der Waals surface area contributed by atoms with Gasteiger partial charge in [0.25, 0.3) is 0 Å². The SMILES string of the molecule is O=S(=O)(NCCc1cncnc1)c1ccccc1Br. The van der Waals surface area contributed by atoms with Crippen LogP contribution in [0.25, 0.3) is 0 Å². The molecule has 7 heteroatoms. The van der Waals surface area contributed by atoms with Crippen LogP contribution in [0, 0.1) is 0 Å². The topological polar surface area (TPSA) is 72.0 Å². The highest BCUT2D eigenvalue weighted by Crippen LogP contribution is 2.20. The Hall–Kier alpha value is -1.31. The van der Waals surface area contributed by atoms with E-state index in [0.717, 1.165) is 5.56 Å². The van der Waals surface area contributed by atoms with Gasteiger partial charge in [0.1, 0.15) is 6.33 Å². The monoisotopic (exact) mass is 341 g/mol. The fraction of sp³-hybridized carbons (Fsp3) is 0.167. The Morgan fingerprint density at radius 2 is 1.84 bits per heavy atom. The summed E-state index contributed by atoms with van der Waals surface area (Å²) in [5.74, 6) is 0. The molecule has 0 amide bonds.